The Bertz CT molecular complexity index is 1750. The maximum atomic E-state index is 13.1. The fourth-order valence-electron chi connectivity index (χ4n) is 5.30. The number of aromatic nitrogens is 4. The van der Waals surface area contributed by atoms with Crippen molar-refractivity contribution in [1.29, 1.82) is 0 Å². The average molecular weight is 523 g/mol. The average Bonchev–Trinajstić information content (AvgIpc) is 3.27. The number of carbonyl (C=O) groups is 1. The molecule has 0 saturated heterocycles. The Kier molecular flexibility index (Phi) is 7.33. The predicted molar refractivity (Wildman–Crippen MR) is 155 cm³/mol. The second-order valence-corrected chi connectivity index (χ2v) is 10.0. The van der Waals surface area contributed by atoms with Crippen molar-refractivity contribution in [2.75, 3.05) is 6.61 Å². The van der Waals surface area contributed by atoms with Crippen molar-refractivity contribution < 1.29 is 9.53 Å². The summed E-state index contributed by atoms with van der Waals surface area (Å²) in [5.41, 5.74) is 6.66. The summed E-state index contributed by atoms with van der Waals surface area (Å²) in [7, 11) is 1.62. The summed E-state index contributed by atoms with van der Waals surface area (Å²) >= 11 is 0. The second kappa shape index (κ2) is 10.8. The van der Waals surface area contributed by atoms with E-state index in [1.807, 2.05) is 37.3 Å². The van der Waals surface area contributed by atoms with Crippen LogP contribution in [0.5, 0.6) is 0 Å². The van der Waals surface area contributed by atoms with Gasteiger partial charge in [-0.3, -0.25) is 4.79 Å². The Morgan fingerprint density at radius 3 is 2.38 bits per heavy atom. The number of carbonyl (C=O) groups excluding carboxylic acids is 1. The molecular weight excluding hydrogens is 488 g/mol. The topological polar surface area (TPSA) is 79.0 Å². The van der Waals surface area contributed by atoms with Gasteiger partial charge in [0.2, 0.25) is 0 Å². The molecule has 0 N–H and O–H groups in total. The number of unbranched alkanes of at least 4 members (excludes halogenated alkanes) is 1. The standard InChI is InChI=1S/C32H34N4O3/c1-6-8-13-26-34-28-20(3)18-21(4)33-30(28)36(26)19-22-14-16-23(17-15-22)27-24-11-9-10-12-25(24)31(37)35(5)29(27)32(38)39-7-2/h9-12,14-18H,6-8,13,19H2,1-5H3. The molecule has 0 spiro atoms. The predicted octanol–water partition coefficient (Wildman–Crippen LogP) is 6.13. The van der Waals surface area contributed by atoms with E-state index in [2.05, 4.69) is 36.6 Å². The highest BCUT2D eigenvalue weighted by Gasteiger charge is 2.23. The molecule has 3 heterocycles. The lowest BCUT2D eigenvalue weighted by molar-refractivity contribution is 0.0515. The van der Waals surface area contributed by atoms with Gasteiger partial charge in [0.05, 0.1) is 13.2 Å². The van der Waals surface area contributed by atoms with Crippen molar-refractivity contribution in [3.05, 3.63) is 93.3 Å². The molecule has 7 nitrogen and oxygen atoms in total. The zero-order valence-corrected chi connectivity index (χ0v) is 23.2. The lowest BCUT2D eigenvalue weighted by Gasteiger charge is -2.17. The molecule has 39 heavy (non-hydrogen) atoms. The van der Waals surface area contributed by atoms with Gasteiger partial charge in [-0.2, -0.15) is 0 Å². The Hall–Kier alpha value is -4.26. The number of nitrogens with zero attached hydrogens (tertiary/aromatic N) is 4. The maximum Gasteiger partial charge on any atom is 0.355 e. The number of hydrogen-bond donors (Lipinski definition) is 0. The van der Waals surface area contributed by atoms with Crippen LogP contribution in [-0.2, 0) is 24.8 Å². The lowest BCUT2D eigenvalue weighted by atomic mass is 9.96. The van der Waals surface area contributed by atoms with Crippen LogP contribution >= 0.6 is 0 Å². The summed E-state index contributed by atoms with van der Waals surface area (Å²) in [4.78, 5) is 35.9. The van der Waals surface area contributed by atoms with E-state index in [1.54, 1.807) is 20.0 Å². The number of benzene rings is 2. The van der Waals surface area contributed by atoms with Crippen LogP contribution in [0.15, 0.2) is 59.4 Å². The second-order valence-electron chi connectivity index (χ2n) is 10.0. The number of fused-ring (bicyclic) bond motifs is 2. The number of hydrogen-bond acceptors (Lipinski definition) is 5. The summed E-state index contributed by atoms with van der Waals surface area (Å²) < 4.78 is 8.99. The Labute approximate surface area is 228 Å². The van der Waals surface area contributed by atoms with Gasteiger partial charge < -0.3 is 13.9 Å². The summed E-state index contributed by atoms with van der Waals surface area (Å²) in [6.07, 6.45) is 3.06. The van der Waals surface area contributed by atoms with Gasteiger partial charge in [-0.1, -0.05) is 55.8 Å². The largest absolute Gasteiger partial charge is 0.461 e. The van der Waals surface area contributed by atoms with Crippen molar-refractivity contribution >= 4 is 27.9 Å². The summed E-state index contributed by atoms with van der Waals surface area (Å²) in [5.74, 6) is 0.537. The molecule has 3 aromatic heterocycles. The zero-order chi connectivity index (χ0) is 27.7. The van der Waals surface area contributed by atoms with Crippen molar-refractivity contribution in [3.8, 4) is 11.1 Å². The number of ether oxygens (including phenoxy) is 1. The third-order valence-corrected chi connectivity index (χ3v) is 7.21. The first-order valence-electron chi connectivity index (χ1n) is 13.6. The van der Waals surface area contributed by atoms with Gasteiger partial charge in [-0.25, -0.2) is 14.8 Å². The minimum Gasteiger partial charge on any atom is -0.461 e. The Morgan fingerprint density at radius 2 is 1.69 bits per heavy atom. The summed E-state index contributed by atoms with van der Waals surface area (Å²) in [5, 5.41) is 1.29. The molecule has 0 fully saturated rings. The summed E-state index contributed by atoms with van der Waals surface area (Å²) in [6.45, 7) is 8.92. The van der Waals surface area contributed by atoms with Crippen molar-refractivity contribution in [2.45, 2.75) is 53.5 Å². The molecule has 5 aromatic rings. The molecule has 0 saturated carbocycles. The number of imidazole rings is 1. The molecule has 0 unspecified atom stereocenters. The molecule has 200 valence electrons. The lowest BCUT2D eigenvalue weighted by Crippen LogP contribution is -2.26. The van der Waals surface area contributed by atoms with E-state index in [0.29, 0.717) is 17.5 Å². The van der Waals surface area contributed by atoms with E-state index in [0.717, 1.165) is 64.0 Å². The SMILES string of the molecule is CCCCc1nc2c(C)cc(C)nc2n1Cc1ccc(-c2c(C(=O)OCC)n(C)c(=O)c3ccccc23)cc1. The maximum absolute atomic E-state index is 13.1. The van der Waals surface area contributed by atoms with E-state index in [9.17, 15) is 9.59 Å². The molecule has 7 heteroatoms. The van der Waals surface area contributed by atoms with Crippen molar-refractivity contribution in [2.24, 2.45) is 7.05 Å². The van der Waals surface area contributed by atoms with Crippen molar-refractivity contribution in [1.82, 2.24) is 19.1 Å². The number of rotatable bonds is 8. The van der Waals surface area contributed by atoms with Crippen LogP contribution in [0.3, 0.4) is 0 Å². The van der Waals surface area contributed by atoms with Gasteiger partial charge in [0.25, 0.3) is 5.56 Å². The highest BCUT2D eigenvalue weighted by atomic mass is 16.5. The third-order valence-electron chi connectivity index (χ3n) is 7.21. The minimum absolute atomic E-state index is 0.223. The molecule has 0 aliphatic carbocycles. The van der Waals surface area contributed by atoms with Gasteiger partial charge >= 0.3 is 5.97 Å². The third kappa shape index (κ3) is 4.85. The Morgan fingerprint density at radius 1 is 0.974 bits per heavy atom. The van der Waals surface area contributed by atoms with Gasteiger partial charge in [-0.15, -0.1) is 0 Å². The van der Waals surface area contributed by atoms with E-state index in [4.69, 9.17) is 14.7 Å². The first-order chi connectivity index (χ1) is 18.8. The van der Waals surface area contributed by atoms with Crippen LogP contribution in [0.4, 0.5) is 0 Å². The zero-order valence-electron chi connectivity index (χ0n) is 23.2. The van der Waals surface area contributed by atoms with Crippen LogP contribution in [0.1, 0.15) is 59.8 Å². The molecule has 0 radical (unpaired) electrons. The van der Waals surface area contributed by atoms with E-state index >= 15 is 0 Å². The number of esters is 1. The Balaban J connectivity index is 1.61. The molecule has 0 aliphatic heterocycles. The highest BCUT2D eigenvalue weighted by molar-refractivity contribution is 6.06. The van der Waals surface area contributed by atoms with E-state index < -0.39 is 5.97 Å². The van der Waals surface area contributed by atoms with Crippen LogP contribution < -0.4 is 5.56 Å². The molecular formula is C32H34N4O3. The molecule has 0 amide bonds. The first kappa shape index (κ1) is 26.4. The van der Waals surface area contributed by atoms with Gasteiger partial charge in [0.15, 0.2) is 5.65 Å². The molecule has 0 atom stereocenters. The van der Waals surface area contributed by atoms with Crippen molar-refractivity contribution in [3.63, 3.8) is 0 Å². The molecule has 0 aliphatic rings. The fraction of sp³-hybridized carbons (Fsp3) is 0.312. The number of aryl methyl sites for hydroxylation is 3. The van der Waals surface area contributed by atoms with Gasteiger partial charge in [0.1, 0.15) is 17.0 Å². The van der Waals surface area contributed by atoms with Crippen LogP contribution in [-0.4, -0.2) is 31.7 Å². The summed E-state index contributed by atoms with van der Waals surface area (Å²) in [6, 6.07) is 17.6. The molecule has 0 bridgehead atoms. The van der Waals surface area contributed by atoms with Gasteiger partial charge in [0, 0.05) is 30.1 Å². The van der Waals surface area contributed by atoms with Crippen LogP contribution in [0.25, 0.3) is 33.1 Å². The normalized spacial score (nSPS) is 11.4. The number of pyridine rings is 2. The highest BCUT2D eigenvalue weighted by Crippen LogP contribution is 2.32. The van der Waals surface area contributed by atoms with E-state index in [-0.39, 0.29) is 17.9 Å². The first-order valence-corrected chi connectivity index (χ1v) is 13.6. The smallest absolute Gasteiger partial charge is 0.355 e. The quantitative estimate of drug-likeness (QED) is 0.229. The van der Waals surface area contributed by atoms with Crippen LogP contribution in [0, 0.1) is 13.8 Å². The molecule has 5 rings (SSSR count). The van der Waals surface area contributed by atoms with Gasteiger partial charge in [-0.05, 0) is 61.4 Å². The monoisotopic (exact) mass is 522 g/mol. The molecule has 2 aromatic carbocycles. The van der Waals surface area contributed by atoms with Crippen LogP contribution in [0.2, 0.25) is 0 Å². The fourth-order valence-corrected chi connectivity index (χ4v) is 5.30. The van der Waals surface area contributed by atoms with E-state index in [1.165, 1.54) is 4.57 Å². The minimum atomic E-state index is -0.510.